The van der Waals surface area contributed by atoms with Crippen molar-refractivity contribution in [2.75, 3.05) is 34.9 Å². The molecule has 1 N–H and O–H groups in total. The lowest BCUT2D eigenvalue weighted by Crippen LogP contribution is -2.41. The average molecular weight is 396 g/mol. The van der Waals surface area contributed by atoms with E-state index in [1.54, 1.807) is 14.2 Å². The molecule has 29 heavy (non-hydrogen) atoms. The van der Waals surface area contributed by atoms with Crippen LogP contribution in [0.3, 0.4) is 0 Å². The highest BCUT2D eigenvalue weighted by Crippen LogP contribution is 2.46. The summed E-state index contributed by atoms with van der Waals surface area (Å²) >= 11 is 0. The molecule has 0 radical (unpaired) electrons. The summed E-state index contributed by atoms with van der Waals surface area (Å²) in [6, 6.07) is 15.9. The SMILES string of the molecule is COc1cccc(/C=C2\CCCCC(CN(C)C)C2(O)c2cccc(OC)c2)c1. The standard InChI is InChI=1S/C25H33NO3/c1-26(2)18-22-11-6-5-10-20(15-19-9-7-13-23(16-19)28-3)25(22,27)21-12-8-14-24(17-21)29-4/h7-9,12-17,22,27H,5-6,10-11,18H2,1-4H3/b20-15+. The van der Waals surface area contributed by atoms with Crippen molar-refractivity contribution in [2.24, 2.45) is 5.92 Å². The van der Waals surface area contributed by atoms with Gasteiger partial charge in [0.1, 0.15) is 17.1 Å². The van der Waals surface area contributed by atoms with E-state index in [0.29, 0.717) is 0 Å². The van der Waals surface area contributed by atoms with Crippen LogP contribution < -0.4 is 9.47 Å². The van der Waals surface area contributed by atoms with Crippen LogP contribution in [0.2, 0.25) is 0 Å². The first kappa shape index (κ1) is 21.4. The summed E-state index contributed by atoms with van der Waals surface area (Å²) in [5.41, 5.74) is 1.97. The van der Waals surface area contributed by atoms with Crippen molar-refractivity contribution < 1.29 is 14.6 Å². The summed E-state index contributed by atoms with van der Waals surface area (Å²) in [4.78, 5) is 2.17. The molecule has 1 saturated carbocycles. The van der Waals surface area contributed by atoms with Crippen LogP contribution in [0.1, 0.15) is 36.8 Å². The Morgan fingerprint density at radius 3 is 2.41 bits per heavy atom. The zero-order chi connectivity index (χ0) is 20.9. The lowest BCUT2D eigenvalue weighted by molar-refractivity contribution is 0.000336. The van der Waals surface area contributed by atoms with Gasteiger partial charge in [-0.15, -0.1) is 0 Å². The number of methoxy groups -OCH3 is 2. The van der Waals surface area contributed by atoms with E-state index in [0.717, 1.165) is 60.4 Å². The molecule has 2 unspecified atom stereocenters. The van der Waals surface area contributed by atoms with Crippen LogP contribution in [0, 0.1) is 5.92 Å². The molecule has 0 aromatic heterocycles. The monoisotopic (exact) mass is 395 g/mol. The number of hydrogen-bond donors (Lipinski definition) is 1. The van der Waals surface area contributed by atoms with Gasteiger partial charge in [-0.05, 0) is 74.3 Å². The van der Waals surface area contributed by atoms with Crippen LogP contribution >= 0.6 is 0 Å². The predicted octanol–water partition coefficient (Wildman–Crippen LogP) is 4.73. The van der Waals surface area contributed by atoms with Crippen LogP contribution in [-0.4, -0.2) is 44.9 Å². The summed E-state index contributed by atoms with van der Waals surface area (Å²) in [5, 5.41) is 12.3. The molecule has 1 aliphatic carbocycles. The minimum atomic E-state index is -1.04. The molecule has 1 fully saturated rings. The molecule has 4 heteroatoms. The van der Waals surface area contributed by atoms with Crippen molar-refractivity contribution in [3.05, 3.63) is 65.2 Å². The maximum atomic E-state index is 12.3. The Labute approximate surface area is 174 Å². The first-order valence-corrected chi connectivity index (χ1v) is 10.3. The molecular formula is C25H33NO3. The number of nitrogens with zero attached hydrogens (tertiary/aromatic N) is 1. The van der Waals surface area contributed by atoms with Crippen LogP contribution in [0.5, 0.6) is 11.5 Å². The largest absolute Gasteiger partial charge is 0.497 e. The van der Waals surface area contributed by atoms with Gasteiger partial charge in [-0.1, -0.05) is 36.8 Å². The van der Waals surface area contributed by atoms with Crippen molar-refractivity contribution in [1.82, 2.24) is 4.90 Å². The summed E-state index contributed by atoms with van der Waals surface area (Å²) in [6.07, 6.45) is 6.19. The van der Waals surface area contributed by atoms with Gasteiger partial charge in [0.15, 0.2) is 0 Å². The maximum absolute atomic E-state index is 12.3. The fourth-order valence-electron chi connectivity index (χ4n) is 4.43. The van der Waals surface area contributed by atoms with Crippen molar-refractivity contribution >= 4 is 6.08 Å². The molecule has 0 heterocycles. The van der Waals surface area contributed by atoms with E-state index in [9.17, 15) is 5.11 Å². The lowest BCUT2D eigenvalue weighted by atomic mass is 9.74. The van der Waals surface area contributed by atoms with E-state index in [4.69, 9.17) is 9.47 Å². The molecule has 2 aromatic rings. The quantitative estimate of drug-likeness (QED) is 0.718. The zero-order valence-electron chi connectivity index (χ0n) is 18.0. The second kappa shape index (κ2) is 9.47. The summed E-state index contributed by atoms with van der Waals surface area (Å²) < 4.78 is 10.9. The summed E-state index contributed by atoms with van der Waals surface area (Å²) in [5.74, 6) is 1.69. The third kappa shape index (κ3) is 4.82. The number of rotatable bonds is 6. The smallest absolute Gasteiger partial charge is 0.119 e. The Morgan fingerprint density at radius 1 is 1.03 bits per heavy atom. The van der Waals surface area contributed by atoms with Crippen molar-refractivity contribution in [1.29, 1.82) is 0 Å². The number of benzene rings is 2. The highest BCUT2D eigenvalue weighted by atomic mass is 16.5. The minimum Gasteiger partial charge on any atom is -0.497 e. The topological polar surface area (TPSA) is 41.9 Å². The third-order valence-corrected chi connectivity index (χ3v) is 5.86. The Balaban J connectivity index is 2.15. The Hall–Kier alpha value is -2.30. The molecule has 0 amide bonds. The van der Waals surface area contributed by atoms with E-state index in [2.05, 4.69) is 31.1 Å². The van der Waals surface area contributed by atoms with Gasteiger partial charge in [0.05, 0.1) is 14.2 Å². The molecule has 1 aliphatic rings. The molecule has 4 nitrogen and oxygen atoms in total. The number of aliphatic hydroxyl groups is 1. The van der Waals surface area contributed by atoms with Gasteiger partial charge in [-0.25, -0.2) is 0 Å². The zero-order valence-corrected chi connectivity index (χ0v) is 18.0. The molecule has 156 valence electrons. The highest BCUT2D eigenvalue weighted by Gasteiger charge is 2.43. The van der Waals surface area contributed by atoms with Gasteiger partial charge in [0, 0.05) is 12.5 Å². The van der Waals surface area contributed by atoms with E-state index < -0.39 is 5.60 Å². The van der Waals surface area contributed by atoms with Crippen molar-refractivity contribution in [3.63, 3.8) is 0 Å². The second-order valence-electron chi connectivity index (χ2n) is 8.15. The Kier molecular flexibility index (Phi) is 6.99. The highest BCUT2D eigenvalue weighted by molar-refractivity contribution is 5.59. The lowest BCUT2D eigenvalue weighted by Gasteiger charge is -2.39. The van der Waals surface area contributed by atoms with Gasteiger partial charge >= 0.3 is 0 Å². The molecule has 3 rings (SSSR count). The maximum Gasteiger partial charge on any atom is 0.119 e. The third-order valence-electron chi connectivity index (χ3n) is 5.86. The molecule has 0 bridgehead atoms. The van der Waals surface area contributed by atoms with E-state index in [-0.39, 0.29) is 5.92 Å². The first-order valence-electron chi connectivity index (χ1n) is 10.3. The fourth-order valence-corrected chi connectivity index (χ4v) is 4.43. The molecule has 0 aliphatic heterocycles. The van der Waals surface area contributed by atoms with E-state index in [1.165, 1.54) is 0 Å². The minimum absolute atomic E-state index is 0.101. The van der Waals surface area contributed by atoms with Crippen LogP contribution in [0.4, 0.5) is 0 Å². The van der Waals surface area contributed by atoms with Crippen LogP contribution in [-0.2, 0) is 5.60 Å². The van der Waals surface area contributed by atoms with Crippen LogP contribution in [0.15, 0.2) is 54.1 Å². The van der Waals surface area contributed by atoms with Crippen LogP contribution in [0.25, 0.3) is 6.08 Å². The Bertz CT molecular complexity index is 845. The van der Waals surface area contributed by atoms with Crippen molar-refractivity contribution in [3.8, 4) is 11.5 Å². The average Bonchev–Trinajstić information content (AvgIpc) is 2.88. The summed E-state index contributed by atoms with van der Waals surface area (Å²) in [7, 11) is 7.49. The van der Waals surface area contributed by atoms with E-state index in [1.807, 2.05) is 42.5 Å². The van der Waals surface area contributed by atoms with Gasteiger partial charge < -0.3 is 19.5 Å². The summed E-state index contributed by atoms with van der Waals surface area (Å²) in [6.45, 7) is 0.823. The van der Waals surface area contributed by atoms with E-state index >= 15 is 0 Å². The predicted molar refractivity (Wildman–Crippen MR) is 118 cm³/mol. The van der Waals surface area contributed by atoms with Gasteiger partial charge in [0.25, 0.3) is 0 Å². The van der Waals surface area contributed by atoms with Gasteiger partial charge in [-0.3, -0.25) is 0 Å². The van der Waals surface area contributed by atoms with Gasteiger partial charge in [0.2, 0.25) is 0 Å². The molecule has 2 atom stereocenters. The van der Waals surface area contributed by atoms with Gasteiger partial charge in [-0.2, -0.15) is 0 Å². The fraction of sp³-hybridized carbons (Fsp3) is 0.440. The Morgan fingerprint density at radius 2 is 1.72 bits per heavy atom. The first-order chi connectivity index (χ1) is 14.0. The molecule has 2 aromatic carbocycles. The van der Waals surface area contributed by atoms with Crippen molar-refractivity contribution in [2.45, 2.75) is 31.3 Å². The number of hydrogen-bond acceptors (Lipinski definition) is 4. The number of ether oxygens (including phenoxy) is 2. The molecule has 0 spiro atoms. The normalized spacial score (nSPS) is 23.8. The molecule has 0 saturated heterocycles. The second-order valence-corrected chi connectivity index (χ2v) is 8.15. The molecular weight excluding hydrogens is 362 g/mol.